The van der Waals surface area contributed by atoms with E-state index in [4.69, 9.17) is 5.73 Å². The quantitative estimate of drug-likeness (QED) is 0.782. The number of nitrogens with two attached hydrogens (primary N) is 1. The van der Waals surface area contributed by atoms with Crippen LogP contribution in [0, 0.1) is 0 Å². The Morgan fingerprint density at radius 1 is 1.25 bits per heavy atom. The van der Waals surface area contributed by atoms with Gasteiger partial charge in [-0.05, 0) is 23.8 Å². The third-order valence-electron chi connectivity index (χ3n) is 3.89. The van der Waals surface area contributed by atoms with Gasteiger partial charge in [-0.1, -0.05) is 0 Å². The fourth-order valence-electron chi connectivity index (χ4n) is 2.76. The fourth-order valence-corrected chi connectivity index (χ4v) is 2.76. The number of nitrogens with one attached hydrogen (secondary N) is 1. The van der Waals surface area contributed by atoms with Gasteiger partial charge in [0.15, 0.2) is 0 Å². The van der Waals surface area contributed by atoms with E-state index < -0.39 is 0 Å². The summed E-state index contributed by atoms with van der Waals surface area (Å²) in [5, 5.41) is 2.83. The molecular weight excluding hydrogens is 256 g/mol. The van der Waals surface area contributed by atoms with Gasteiger partial charge in [0.25, 0.3) is 0 Å². The van der Waals surface area contributed by atoms with E-state index in [0.29, 0.717) is 19.5 Å². The molecule has 1 fully saturated rings. The summed E-state index contributed by atoms with van der Waals surface area (Å²) in [4.78, 5) is 26.9. The number of benzene rings is 1. The Morgan fingerprint density at radius 3 is 2.70 bits per heavy atom. The Labute approximate surface area is 117 Å². The second-order valence-corrected chi connectivity index (χ2v) is 5.14. The summed E-state index contributed by atoms with van der Waals surface area (Å²) < 4.78 is 0. The average Bonchev–Trinajstić information content (AvgIpc) is 2.85. The average molecular weight is 274 g/mol. The van der Waals surface area contributed by atoms with Crippen LogP contribution in [-0.2, 0) is 16.0 Å². The first-order chi connectivity index (χ1) is 9.67. The topological polar surface area (TPSA) is 78.7 Å². The van der Waals surface area contributed by atoms with Gasteiger partial charge in [0.05, 0.1) is 13.0 Å². The maximum atomic E-state index is 11.5. The molecule has 6 nitrogen and oxygen atoms in total. The predicted octanol–water partition coefficient (Wildman–Crippen LogP) is -0.211. The number of carbonyl (C=O) groups excluding carboxylic acids is 2. The fraction of sp³-hybridized carbons (Fsp3) is 0.429. The van der Waals surface area contributed by atoms with Crippen molar-refractivity contribution >= 4 is 23.2 Å². The standard InChI is InChI=1S/C14H18N4O2/c15-9-14(20)18-5-3-17(4-6-18)11-1-2-12-10(7-11)8-13(19)16-12/h1-2,7H,3-6,8-9,15H2,(H,16,19). The molecule has 3 rings (SSSR count). The van der Waals surface area contributed by atoms with Crippen molar-refractivity contribution in [2.24, 2.45) is 5.73 Å². The smallest absolute Gasteiger partial charge is 0.236 e. The van der Waals surface area contributed by atoms with E-state index in [1.165, 1.54) is 0 Å². The van der Waals surface area contributed by atoms with Gasteiger partial charge in [-0.15, -0.1) is 0 Å². The van der Waals surface area contributed by atoms with Gasteiger partial charge in [-0.2, -0.15) is 0 Å². The van der Waals surface area contributed by atoms with Gasteiger partial charge in [0.1, 0.15) is 0 Å². The highest BCUT2D eigenvalue weighted by Gasteiger charge is 2.22. The van der Waals surface area contributed by atoms with Crippen LogP contribution < -0.4 is 16.0 Å². The van der Waals surface area contributed by atoms with Gasteiger partial charge in [-0.3, -0.25) is 9.59 Å². The minimum Gasteiger partial charge on any atom is -0.368 e. The van der Waals surface area contributed by atoms with Crippen LogP contribution in [0.25, 0.3) is 0 Å². The van der Waals surface area contributed by atoms with Crippen LogP contribution in [0.15, 0.2) is 18.2 Å². The van der Waals surface area contributed by atoms with Crippen molar-refractivity contribution in [3.8, 4) is 0 Å². The summed E-state index contributed by atoms with van der Waals surface area (Å²) in [5.41, 5.74) is 8.45. The molecule has 1 saturated heterocycles. The minimum atomic E-state index is 0.00778. The van der Waals surface area contributed by atoms with Crippen LogP contribution in [-0.4, -0.2) is 49.4 Å². The molecule has 6 heteroatoms. The number of amides is 2. The molecule has 1 aromatic carbocycles. The molecule has 0 aromatic heterocycles. The Kier molecular flexibility index (Phi) is 3.31. The number of hydrogen-bond donors (Lipinski definition) is 2. The predicted molar refractivity (Wildman–Crippen MR) is 76.6 cm³/mol. The van der Waals surface area contributed by atoms with E-state index >= 15 is 0 Å². The van der Waals surface area contributed by atoms with Crippen molar-refractivity contribution < 1.29 is 9.59 Å². The molecule has 20 heavy (non-hydrogen) atoms. The maximum Gasteiger partial charge on any atom is 0.236 e. The molecule has 0 radical (unpaired) electrons. The molecule has 2 aliphatic heterocycles. The largest absolute Gasteiger partial charge is 0.368 e. The van der Waals surface area contributed by atoms with Gasteiger partial charge >= 0.3 is 0 Å². The highest BCUT2D eigenvalue weighted by molar-refractivity contribution is 5.99. The number of anilines is 2. The molecular formula is C14H18N4O2. The van der Waals surface area contributed by atoms with Crippen LogP contribution in [0.2, 0.25) is 0 Å². The highest BCUT2D eigenvalue weighted by Crippen LogP contribution is 2.28. The highest BCUT2D eigenvalue weighted by atomic mass is 16.2. The minimum absolute atomic E-state index is 0.00778. The Hall–Kier alpha value is -2.08. The van der Waals surface area contributed by atoms with E-state index in [9.17, 15) is 9.59 Å². The van der Waals surface area contributed by atoms with Crippen LogP contribution in [0.5, 0.6) is 0 Å². The van der Waals surface area contributed by atoms with Crippen LogP contribution >= 0.6 is 0 Å². The molecule has 2 heterocycles. The van der Waals surface area contributed by atoms with Gasteiger partial charge < -0.3 is 20.9 Å². The van der Waals surface area contributed by atoms with Crippen LogP contribution in [0.4, 0.5) is 11.4 Å². The maximum absolute atomic E-state index is 11.5. The van der Waals surface area contributed by atoms with Gasteiger partial charge in [-0.25, -0.2) is 0 Å². The normalized spacial score (nSPS) is 17.9. The molecule has 0 saturated carbocycles. The van der Waals surface area contributed by atoms with Gasteiger partial charge in [0.2, 0.25) is 11.8 Å². The molecule has 2 aliphatic rings. The summed E-state index contributed by atoms with van der Waals surface area (Å²) in [6, 6.07) is 6.03. The van der Waals surface area contributed by atoms with Crippen LogP contribution in [0.3, 0.4) is 0 Å². The van der Waals surface area contributed by atoms with Crippen molar-refractivity contribution in [2.45, 2.75) is 6.42 Å². The first-order valence-electron chi connectivity index (χ1n) is 6.83. The van der Waals surface area contributed by atoms with E-state index in [1.807, 2.05) is 12.1 Å². The second kappa shape index (κ2) is 5.13. The number of rotatable bonds is 2. The Balaban J connectivity index is 1.68. The first kappa shape index (κ1) is 12.9. The van der Waals surface area contributed by atoms with Crippen molar-refractivity contribution in [2.75, 3.05) is 42.9 Å². The van der Waals surface area contributed by atoms with Gasteiger partial charge in [0, 0.05) is 37.6 Å². The molecule has 0 aliphatic carbocycles. The zero-order chi connectivity index (χ0) is 14.1. The van der Waals surface area contributed by atoms with E-state index in [-0.39, 0.29) is 18.4 Å². The van der Waals surface area contributed by atoms with Crippen molar-refractivity contribution in [3.05, 3.63) is 23.8 Å². The molecule has 2 amide bonds. The summed E-state index contributed by atoms with van der Waals surface area (Å²) in [7, 11) is 0. The molecule has 0 spiro atoms. The van der Waals surface area contributed by atoms with E-state index in [1.54, 1.807) is 4.90 Å². The number of carbonyl (C=O) groups is 2. The second-order valence-electron chi connectivity index (χ2n) is 5.14. The van der Waals surface area contributed by atoms with Crippen molar-refractivity contribution in [1.82, 2.24) is 4.90 Å². The third kappa shape index (κ3) is 2.34. The lowest BCUT2D eigenvalue weighted by Gasteiger charge is -2.36. The molecule has 3 N–H and O–H groups in total. The number of fused-ring (bicyclic) bond motifs is 1. The summed E-state index contributed by atoms with van der Waals surface area (Å²) in [6.45, 7) is 3.07. The lowest BCUT2D eigenvalue weighted by Crippen LogP contribution is -2.50. The summed E-state index contributed by atoms with van der Waals surface area (Å²) in [6.07, 6.45) is 0.453. The number of nitrogens with zero attached hydrogens (tertiary/aromatic N) is 2. The molecule has 106 valence electrons. The summed E-state index contributed by atoms with van der Waals surface area (Å²) >= 11 is 0. The van der Waals surface area contributed by atoms with Crippen molar-refractivity contribution in [3.63, 3.8) is 0 Å². The zero-order valence-corrected chi connectivity index (χ0v) is 11.3. The molecule has 0 atom stereocenters. The van der Waals surface area contributed by atoms with Crippen molar-refractivity contribution in [1.29, 1.82) is 0 Å². The SMILES string of the molecule is NCC(=O)N1CCN(c2ccc3c(c2)CC(=O)N3)CC1. The van der Waals surface area contributed by atoms with Crippen LogP contribution in [0.1, 0.15) is 5.56 Å². The lowest BCUT2D eigenvalue weighted by atomic mass is 10.1. The zero-order valence-electron chi connectivity index (χ0n) is 11.3. The first-order valence-corrected chi connectivity index (χ1v) is 6.83. The Bertz CT molecular complexity index is 550. The summed E-state index contributed by atoms with van der Waals surface area (Å²) in [5.74, 6) is 0.0592. The van der Waals surface area contributed by atoms with E-state index in [0.717, 1.165) is 30.0 Å². The molecule has 0 unspecified atom stereocenters. The monoisotopic (exact) mass is 274 g/mol. The molecule has 1 aromatic rings. The lowest BCUT2D eigenvalue weighted by molar-refractivity contribution is -0.130. The number of hydrogen-bond acceptors (Lipinski definition) is 4. The Morgan fingerprint density at radius 2 is 2.00 bits per heavy atom. The number of piperazine rings is 1. The molecule has 0 bridgehead atoms. The van der Waals surface area contributed by atoms with E-state index in [2.05, 4.69) is 16.3 Å². The third-order valence-corrected chi connectivity index (χ3v) is 3.89.